The van der Waals surface area contributed by atoms with Gasteiger partial charge in [0.1, 0.15) is 5.69 Å². The Morgan fingerprint density at radius 3 is 2.81 bits per heavy atom. The van der Waals surface area contributed by atoms with Gasteiger partial charge in [-0.05, 0) is 40.2 Å². The van der Waals surface area contributed by atoms with Crippen molar-refractivity contribution in [3.63, 3.8) is 0 Å². The highest BCUT2D eigenvalue weighted by Gasteiger charge is 2.17. The van der Waals surface area contributed by atoms with Crippen LogP contribution in [0.1, 0.15) is 0 Å². The second kappa shape index (κ2) is 5.26. The molecule has 0 bridgehead atoms. The van der Waals surface area contributed by atoms with Gasteiger partial charge < -0.3 is 10.3 Å². The van der Waals surface area contributed by atoms with Gasteiger partial charge in [-0.25, -0.2) is 0 Å². The van der Waals surface area contributed by atoms with Gasteiger partial charge in [0.2, 0.25) is 5.82 Å². The lowest BCUT2D eigenvalue weighted by Crippen LogP contribution is -1.95. The zero-order chi connectivity index (χ0) is 15.0. The minimum absolute atomic E-state index is 0.0886. The standard InChI is InChI=1S/C12H7BrN4O3S/c13-10-4-3-9(21-10)11-15-12(20-16-11)6-1-2-7(14)8(5-6)17(18)19/h1-5H,14H2. The second-order valence-corrected chi connectivity index (χ2v) is 6.52. The molecule has 0 aliphatic carbocycles. The number of nitro groups is 1. The lowest BCUT2D eigenvalue weighted by atomic mass is 10.2. The van der Waals surface area contributed by atoms with Crippen molar-refractivity contribution in [3.8, 4) is 22.2 Å². The quantitative estimate of drug-likeness (QED) is 0.429. The molecule has 0 spiro atoms. The van der Waals surface area contributed by atoms with Crippen molar-refractivity contribution in [2.45, 2.75) is 0 Å². The van der Waals surface area contributed by atoms with E-state index in [-0.39, 0.29) is 17.3 Å². The zero-order valence-corrected chi connectivity index (χ0v) is 12.7. The van der Waals surface area contributed by atoms with Crippen LogP contribution in [-0.4, -0.2) is 15.1 Å². The second-order valence-electron chi connectivity index (χ2n) is 4.06. The third-order valence-corrected chi connectivity index (χ3v) is 4.31. The fraction of sp³-hybridized carbons (Fsp3) is 0. The van der Waals surface area contributed by atoms with Gasteiger partial charge in [0.15, 0.2) is 0 Å². The van der Waals surface area contributed by atoms with E-state index >= 15 is 0 Å². The molecule has 0 atom stereocenters. The summed E-state index contributed by atoms with van der Waals surface area (Å²) in [5, 5.41) is 14.8. The highest BCUT2D eigenvalue weighted by atomic mass is 79.9. The summed E-state index contributed by atoms with van der Waals surface area (Å²) < 4.78 is 6.11. The molecule has 1 aromatic carbocycles. The van der Waals surface area contributed by atoms with Gasteiger partial charge >= 0.3 is 0 Å². The molecule has 2 heterocycles. The third-order valence-electron chi connectivity index (χ3n) is 2.69. The first kappa shape index (κ1) is 13.7. The van der Waals surface area contributed by atoms with Crippen molar-refractivity contribution >= 4 is 38.6 Å². The molecule has 0 saturated heterocycles. The molecule has 2 aromatic heterocycles. The van der Waals surface area contributed by atoms with Crippen LogP contribution < -0.4 is 5.73 Å². The number of rotatable bonds is 3. The number of aromatic nitrogens is 2. The summed E-state index contributed by atoms with van der Waals surface area (Å²) in [6, 6.07) is 8.10. The summed E-state index contributed by atoms with van der Waals surface area (Å²) in [7, 11) is 0. The molecule has 0 fully saturated rings. The monoisotopic (exact) mass is 366 g/mol. The summed E-state index contributed by atoms with van der Waals surface area (Å²) in [6.07, 6.45) is 0. The zero-order valence-electron chi connectivity index (χ0n) is 10.3. The van der Waals surface area contributed by atoms with Crippen molar-refractivity contribution in [1.82, 2.24) is 10.1 Å². The largest absolute Gasteiger partial charge is 0.393 e. The molecule has 0 amide bonds. The van der Waals surface area contributed by atoms with E-state index in [0.29, 0.717) is 11.4 Å². The molecule has 21 heavy (non-hydrogen) atoms. The molecular weight excluding hydrogens is 360 g/mol. The lowest BCUT2D eigenvalue weighted by molar-refractivity contribution is -0.383. The van der Waals surface area contributed by atoms with Crippen molar-refractivity contribution < 1.29 is 9.45 Å². The Bertz CT molecular complexity index is 830. The molecule has 9 heteroatoms. The van der Waals surface area contributed by atoms with Gasteiger partial charge in [-0.2, -0.15) is 4.98 Å². The summed E-state index contributed by atoms with van der Waals surface area (Å²) in [6.45, 7) is 0. The van der Waals surface area contributed by atoms with Gasteiger partial charge in [-0.15, -0.1) is 11.3 Å². The van der Waals surface area contributed by atoms with Crippen LogP contribution in [0.3, 0.4) is 0 Å². The number of hydrogen-bond acceptors (Lipinski definition) is 7. The average Bonchev–Trinajstić information content (AvgIpc) is 3.07. The van der Waals surface area contributed by atoms with Crippen molar-refractivity contribution in [1.29, 1.82) is 0 Å². The Morgan fingerprint density at radius 1 is 1.33 bits per heavy atom. The molecule has 3 aromatic rings. The molecule has 106 valence electrons. The first-order valence-corrected chi connectivity index (χ1v) is 7.29. The highest BCUT2D eigenvalue weighted by molar-refractivity contribution is 9.11. The Hall–Kier alpha value is -2.26. The summed E-state index contributed by atoms with van der Waals surface area (Å²) in [5.74, 6) is 0.637. The third kappa shape index (κ3) is 2.65. The lowest BCUT2D eigenvalue weighted by Gasteiger charge is -1.98. The highest BCUT2D eigenvalue weighted by Crippen LogP contribution is 2.32. The van der Waals surface area contributed by atoms with Crippen LogP contribution in [0.25, 0.3) is 22.2 Å². The van der Waals surface area contributed by atoms with E-state index in [2.05, 4.69) is 26.1 Å². The number of nitro benzene ring substituents is 1. The predicted octanol–water partition coefficient (Wildman–Crippen LogP) is 3.72. The molecule has 3 rings (SSSR count). The smallest absolute Gasteiger partial charge is 0.292 e. The van der Waals surface area contributed by atoms with E-state index in [0.717, 1.165) is 8.66 Å². The SMILES string of the molecule is Nc1ccc(-c2nc(-c3ccc(Br)s3)no2)cc1[N+](=O)[O-]. The van der Waals surface area contributed by atoms with Crippen LogP contribution in [-0.2, 0) is 0 Å². The van der Waals surface area contributed by atoms with E-state index in [1.165, 1.54) is 23.5 Å². The molecule has 0 saturated carbocycles. The van der Waals surface area contributed by atoms with Gasteiger partial charge in [-0.3, -0.25) is 10.1 Å². The molecule has 0 aliphatic rings. The fourth-order valence-corrected chi connectivity index (χ4v) is 3.02. The summed E-state index contributed by atoms with van der Waals surface area (Å²) >= 11 is 4.82. The van der Waals surface area contributed by atoms with Crippen LogP contribution in [0.15, 0.2) is 38.6 Å². The maximum Gasteiger partial charge on any atom is 0.292 e. The Balaban J connectivity index is 2.00. The van der Waals surface area contributed by atoms with Crippen LogP contribution in [0, 0.1) is 10.1 Å². The number of anilines is 1. The maximum absolute atomic E-state index is 10.9. The Labute approximate surface area is 130 Å². The van der Waals surface area contributed by atoms with Crippen LogP contribution >= 0.6 is 27.3 Å². The molecule has 2 N–H and O–H groups in total. The number of thiophene rings is 1. The van der Waals surface area contributed by atoms with Crippen LogP contribution in [0.2, 0.25) is 0 Å². The number of nitrogen functional groups attached to an aromatic ring is 1. The Morgan fingerprint density at radius 2 is 2.14 bits per heavy atom. The molecule has 0 unspecified atom stereocenters. The van der Waals surface area contributed by atoms with Crippen molar-refractivity contribution in [3.05, 3.63) is 44.2 Å². The molecule has 0 radical (unpaired) electrons. The number of nitrogens with two attached hydrogens (primary N) is 1. The maximum atomic E-state index is 10.9. The molecule has 0 aliphatic heterocycles. The fourth-order valence-electron chi connectivity index (χ4n) is 1.71. The van der Waals surface area contributed by atoms with Crippen molar-refractivity contribution in [2.75, 3.05) is 5.73 Å². The van der Waals surface area contributed by atoms with Crippen LogP contribution in [0.5, 0.6) is 0 Å². The van der Waals surface area contributed by atoms with E-state index in [1.54, 1.807) is 6.07 Å². The molecule has 7 nitrogen and oxygen atoms in total. The predicted molar refractivity (Wildman–Crippen MR) is 81.8 cm³/mol. The van der Waals surface area contributed by atoms with Gasteiger partial charge in [0, 0.05) is 11.6 Å². The normalized spacial score (nSPS) is 10.7. The summed E-state index contributed by atoms with van der Waals surface area (Å²) in [4.78, 5) is 15.4. The van der Waals surface area contributed by atoms with E-state index in [1.807, 2.05) is 12.1 Å². The van der Waals surface area contributed by atoms with Gasteiger partial charge in [0.05, 0.1) is 13.6 Å². The number of nitrogens with zero attached hydrogens (tertiary/aromatic N) is 3. The van der Waals surface area contributed by atoms with E-state index in [9.17, 15) is 10.1 Å². The first-order valence-electron chi connectivity index (χ1n) is 5.68. The average molecular weight is 367 g/mol. The number of halogens is 1. The van der Waals surface area contributed by atoms with Gasteiger partial charge in [0.25, 0.3) is 11.6 Å². The van der Waals surface area contributed by atoms with Crippen molar-refractivity contribution in [2.24, 2.45) is 0 Å². The van der Waals surface area contributed by atoms with E-state index < -0.39 is 4.92 Å². The first-order chi connectivity index (χ1) is 10.0. The number of benzene rings is 1. The summed E-state index contributed by atoms with van der Waals surface area (Å²) in [5.41, 5.74) is 5.90. The topological polar surface area (TPSA) is 108 Å². The number of hydrogen-bond donors (Lipinski definition) is 1. The minimum Gasteiger partial charge on any atom is -0.393 e. The minimum atomic E-state index is -0.549. The molecular formula is C12H7BrN4O3S. The van der Waals surface area contributed by atoms with Gasteiger partial charge in [-0.1, -0.05) is 5.16 Å². The Kier molecular flexibility index (Phi) is 3.43. The van der Waals surface area contributed by atoms with Crippen LogP contribution in [0.4, 0.5) is 11.4 Å². The van der Waals surface area contributed by atoms with E-state index in [4.69, 9.17) is 10.3 Å².